The topological polar surface area (TPSA) is 42.0 Å². The van der Waals surface area contributed by atoms with Crippen molar-refractivity contribution in [2.45, 2.75) is 26.7 Å². The minimum Gasteiger partial charge on any atom is -0.351 e. The number of carbonyl (C=O) groups is 1. The van der Waals surface area contributed by atoms with Crippen LogP contribution in [0, 0.1) is 13.8 Å². The highest BCUT2D eigenvalue weighted by Gasteiger charge is 2.16. The lowest BCUT2D eigenvalue weighted by molar-refractivity contribution is 0.0953. The highest BCUT2D eigenvalue weighted by atomic mass is 32.1. The van der Waals surface area contributed by atoms with Gasteiger partial charge in [0.05, 0.1) is 21.7 Å². The summed E-state index contributed by atoms with van der Waals surface area (Å²) in [5, 5.41) is 6.06. The molecule has 4 aromatic rings. The van der Waals surface area contributed by atoms with Crippen LogP contribution in [0.2, 0.25) is 0 Å². The molecule has 3 nitrogen and oxygen atoms in total. The number of pyridine rings is 1. The van der Waals surface area contributed by atoms with Gasteiger partial charge in [0.1, 0.15) is 0 Å². The summed E-state index contributed by atoms with van der Waals surface area (Å²) < 4.78 is 0. The van der Waals surface area contributed by atoms with Crippen LogP contribution in [-0.2, 0) is 0 Å². The van der Waals surface area contributed by atoms with Gasteiger partial charge in [0, 0.05) is 11.9 Å². The highest BCUT2D eigenvalue weighted by molar-refractivity contribution is 7.13. The van der Waals surface area contributed by atoms with Crippen LogP contribution in [0.15, 0.2) is 66.0 Å². The van der Waals surface area contributed by atoms with Gasteiger partial charge in [-0.1, -0.05) is 43.3 Å². The Morgan fingerprint density at radius 1 is 1.03 bits per heavy atom. The van der Waals surface area contributed by atoms with Crippen LogP contribution in [0.3, 0.4) is 0 Å². The quantitative estimate of drug-likeness (QED) is 0.439. The molecule has 146 valence electrons. The maximum atomic E-state index is 13.2. The molecule has 4 heteroatoms. The Morgan fingerprint density at radius 3 is 2.52 bits per heavy atom. The van der Waals surface area contributed by atoms with Gasteiger partial charge < -0.3 is 5.32 Å². The number of nitrogens with zero attached hydrogens (tertiary/aromatic N) is 1. The second-order valence-corrected chi connectivity index (χ2v) is 8.46. The largest absolute Gasteiger partial charge is 0.351 e. The summed E-state index contributed by atoms with van der Waals surface area (Å²) in [6.07, 6.45) is 0. The average molecular weight is 401 g/mol. The fourth-order valence-electron chi connectivity index (χ4n) is 3.46. The maximum Gasteiger partial charge on any atom is 0.252 e. The van der Waals surface area contributed by atoms with E-state index in [4.69, 9.17) is 4.98 Å². The molecule has 1 atom stereocenters. The molecule has 4 rings (SSSR count). The first kappa shape index (κ1) is 19.3. The van der Waals surface area contributed by atoms with Gasteiger partial charge in [0.25, 0.3) is 5.91 Å². The first-order chi connectivity index (χ1) is 14.0. The van der Waals surface area contributed by atoms with Crippen molar-refractivity contribution in [3.8, 4) is 10.6 Å². The third kappa shape index (κ3) is 4.08. The van der Waals surface area contributed by atoms with E-state index in [1.807, 2.05) is 41.8 Å². The third-order valence-electron chi connectivity index (χ3n) is 5.38. The van der Waals surface area contributed by atoms with E-state index in [2.05, 4.69) is 50.4 Å². The number of aromatic nitrogens is 1. The molecule has 0 radical (unpaired) electrons. The molecule has 0 aliphatic rings. The van der Waals surface area contributed by atoms with Gasteiger partial charge in [-0.3, -0.25) is 4.79 Å². The molecule has 29 heavy (non-hydrogen) atoms. The zero-order chi connectivity index (χ0) is 20.4. The molecule has 2 heterocycles. The van der Waals surface area contributed by atoms with Gasteiger partial charge in [-0.25, -0.2) is 4.98 Å². The first-order valence-corrected chi connectivity index (χ1v) is 10.7. The van der Waals surface area contributed by atoms with E-state index in [0.29, 0.717) is 12.1 Å². The van der Waals surface area contributed by atoms with Crippen LogP contribution in [0.5, 0.6) is 0 Å². The summed E-state index contributed by atoms with van der Waals surface area (Å²) >= 11 is 1.63. The number of fused-ring (bicyclic) bond motifs is 1. The van der Waals surface area contributed by atoms with Gasteiger partial charge in [0.2, 0.25) is 0 Å². The Kier molecular flexibility index (Phi) is 5.45. The number of thiophene rings is 1. The molecule has 2 aromatic carbocycles. The number of hydrogen-bond donors (Lipinski definition) is 1. The second-order valence-electron chi connectivity index (χ2n) is 7.51. The summed E-state index contributed by atoms with van der Waals surface area (Å²) in [6, 6.07) is 20.4. The number of hydrogen-bond acceptors (Lipinski definition) is 3. The summed E-state index contributed by atoms with van der Waals surface area (Å²) in [5.41, 5.74) is 5.95. The molecule has 1 N–H and O–H groups in total. The monoisotopic (exact) mass is 400 g/mol. The lowest BCUT2D eigenvalue weighted by Crippen LogP contribution is -2.27. The van der Waals surface area contributed by atoms with Gasteiger partial charge in [-0.2, -0.15) is 0 Å². The van der Waals surface area contributed by atoms with Crippen molar-refractivity contribution >= 4 is 28.1 Å². The second kappa shape index (κ2) is 8.18. The van der Waals surface area contributed by atoms with Crippen molar-refractivity contribution in [3.63, 3.8) is 0 Å². The number of amides is 1. The molecule has 0 aliphatic carbocycles. The Hall–Kier alpha value is -2.98. The van der Waals surface area contributed by atoms with E-state index in [1.54, 1.807) is 11.3 Å². The van der Waals surface area contributed by atoms with Gasteiger partial charge >= 0.3 is 0 Å². The Bertz CT molecular complexity index is 1150. The smallest absolute Gasteiger partial charge is 0.252 e. The summed E-state index contributed by atoms with van der Waals surface area (Å²) in [5.74, 6) is 0.190. The van der Waals surface area contributed by atoms with Gasteiger partial charge in [-0.15, -0.1) is 11.3 Å². The number of aryl methyl sites for hydroxylation is 2. The maximum absolute atomic E-state index is 13.2. The van der Waals surface area contributed by atoms with E-state index in [1.165, 1.54) is 11.1 Å². The molecule has 0 spiro atoms. The molecule has 1 amide bonds. The Labute approximate surface area is 175 Å². The van der Waals surface area contributed by atoms with E-state index in [0.717, 1.165) is 27.0 Å². The van der Waals surface area contributed by atoms with Crippen molar-refractivity contribution in [2.75, 3.05) is 6.54 Å². The number of carbonyl (C=O) groups excluding carboxylic acids is 1. The SMILES string of the molecule is Cc1cc2nc(-c3cccs3)cc(C(=O)NC[C@@H](C)c3ccccc3)c2cc1C. The van der Waals surface area contributed by atoms with Crippen LogP contribution in [0.1, 0.15) is 39.9 Å². The van der Waals surface area contributed by atoms with Crippen molar-refractivity contribution in [2.24, 2.45) is 0 Å². The van der Waals surface area contributed by atoms with Crippen molar-refractivity contribution < 1.29 is 4.79 Å². The predicted molar refractivity (Wildman–Crippen MR) is 122 cm³/mol. The fraction of sp³-hybridized carbons (Fsp3) is 0.200. The minimum absolute atomic E-state index is 0.0544. The third-order valence-corrected chi connectivity index (χ3v) is 6.27. The van der Waals surface area contributed by atoms with Crippen LogP contribution in [-0.4, -0.2) is 17.4 Å². The molecule has 0 bridgehead atoms. The minimum atomic E-state index is -0.0544. The van der Waals surface area contributed by atoms with E-state index in [-0.39, 0.29) is 11.8 Å². The Balaban J connectivity index is 1.69. The van der Waals surface area contributed by atoms with Crippen molar-refractivity contribution in [1.82, 2.24) is 10.3 Å². The lowest BCUT2D eigenvalue weighted by Gasteiger charge is -2.15. The summed E-state index contributed by atoms with van der Waals surface area (Å²) in [4.78, 5) is 19.1. The van der Waals surface area contributed by atoms with Crippen LogP contribution in [0.4, 0.5) is 0 Å². The molecular weight excluding hydrogens is 376 g/mol. The summed E-state index contributed by atoms with van der Waals surface area (Å²) in [7, 11) is 0. The number of nitrogens with one attached hydrogen (secondary N) is 1. The van der Waals surface area contributed by atoms with Gasteiger partial charge in [-0.05, 0) is 66.1 Å². The lowest BCUT2D eigenvalue weighted by atomic mass is 9.99. The van der Waals surface area contributed by atoms with Crippen LogP contribution in [0.25, 0.3) is 21.5 Å². The van der Waals surface area contributed by atoms with Crippen LogP contribution < -0.4 is 5.32 Å². The zero-order valence-corrected chi connectivity index (χ0v) is 17.7. The Morgan fingerprint density at radius 2 is 1.79 bits per heavy atom. The molecular formula is C25H24N2OS. The molecule has 0 fully saturated rings. The number of rotatable bonds is 5. The molecule has 2 aromatic heterocycles. The summed E-state index contributed by atoms with van der Waals surface area (Å²) in [6.45, 7) is 6.87. The predicted octanol–water partition coefficient (Wildman–Crippen LogP) is 6.11. The normalized spacial score (nSPS) is 12.1. The van der Waals surface area contributed by atoms with Crippen molar-refractivity contribution in [1.29, 1.82) is 0 Å². The molecule has 0 saturated heterocycles. The van der Waals surface area contributed by atoms with E-state index >= 15 is 0 Å². The molecule has 0 saturated carbocycles. The average Bonchev–Trinajstić information content (AvgIpc) is 3.27. The first-order valence-electron chi connectivity index (χ1n) is 9.82. The molecule has 0 unspecified atom stereocenters. The van der Waals surface area contributed by atoms with Crippen molar-refractivity contribution in [3.05, 3.63) is 88.3 Å². The zero-order valence-electron chi connectivity index (χ0n) is 16.9. The van der Waals surface area contributed by atoms with Gasteiger partial charge in [0.15, 0.2) is 0 Å². The molecule has 0 aliphatic heterocycles. The highest BCUT2D eigenvalue weighted by Crippen LogP contribution is 2.29. The van der Waals surface area contributed by atoms with E-state index < -0.39 is 0 Å². The van der Waals surface area contributed by atoms with Crippen LogP contribution >= 0.6 is 11.3 Å². The van der Waals surface area contributed by atoms with E-state index in [9.17, 15) is 4.79 Å². The fourth-order valence-corrected chi connectivity index (χ4v) is 4.15. The number of benzene rings is 2. The standard InChI is InChI=1S/C25H24N2OS/c1-16-12-20-21(25(28)26-15-18(3)19-8-5-4-6-9-19)14-23(24-10-7-11-29-24)27-22(20)13-17(16)2/h4-14,18H,15H2,1-3H3,(H,26,28)/t18-/m1/s1.